The van der Waals surface area contributed by atoms with Crippen molar-refractivity contribution in [2.75, 3.05) is 13.6 Å². The van der Waals surface area contributed by atoms with Gasteiger partial charge in [-0.1, -0.05) is 24.3 Å². The molecule has 0 saturated heterocycles. The van der Waals surface area contributed by atoms with E-state index in [1.54, 1.807) is 6.07 Å². The van der Waals surface area contributed by atoms with Crippen molar-refractivity contribution in [3.05, 3.63) is 91.3 Å². The first kappa shape index (κ1) is 19.4. The van der Waals surface area contributed by atoms with Gasteiger partial charge in [0.25, 0.3) is 5.56 Å². The smallest absolute Gasteiger partial charge is 0.335 e. The number of fused-ring (bicyclic) bond motifs is 3. The molecule has 7 heteroatoms. The highest BCUT2D eigenvalue weighted by atomic mass is 16.3. The van der Waals surface area contributed by atoms with Crippen molar-refractivity contribution in [1.29, 1.82) is 0 Å². The van der Waals surface area contributed by atoms with E-state index >= 15 is 0 Å². The third kappa shape index (κ3) is 2.92. The maximum Gasteiger partial charge on any atom is 0.335 e. The van der Waals surface area contributed by atoms with Gasteiger partial charge in [-0.15, -0.1) is 0 Å². The molecule has 2 aromatic heterocycles. The normalized spacial score (nSPS) is 18.3. The summed E-state index contributed by atoms with van der Waals surface area (Å²) in [7, 11) is 2.00. The number of H-pyrrole nitrogens is 2. The molecule has 31 heavy (non-hydrogen) atoms. The largest absolute Gasteiger partial charge is 0.494 e. The number of aromatic amines is 2. The predicted octanol–water partition coefficient (Wildman–Crippen LogP) is 1.49. The fraction of sp³-hybridized carbons (Fsp3) is 0.250. The van der Waals surface area contributed by atoms with Crippen LogP contribution >= 0.6 is 0 Å². The second kappa shape index (κ2) is 6.99. The van der Waals surface area contributed by atoms with Gasteiger partial charge in [0.15, 0.2) is 6.04 Å². The summed E-state index contributed by atoms with van der Waals surface area (Å²) in [6, 6.07) is 13.2. The van der Waals surface area contributed by atoms with Gasteiger partial charge in [-0.05, 0) is 48.7 Å². The zero-order valence-electron chi connectivity index (χ0n) is 17.7. The molecule has 158 valence electrons. The van der Waals surface area contributed by atoms with E-state index in [4.69, 9.17) is 0 Å². The summed E-state index contributed by atoms with van der Waals surface area (Å²) in [6.45, 7) is 4.74. The van der Waals surface area contributed by atoms with Crippen molar-refractivity contribution in [1.82, 2.24) is 14.5 Å². The van der Waals surface area contributed by atoms with E-state index in [1.807, 2.05) is 51.2 Å². The predicted molar refractivity (Wildman–Crippen MR) is 119 cm³/mol. The molecule has 1 aliphatic heterocycles. The van der Waals surface area contributed by atoms with E-state index in [0.29, 0.717) is 5.69 Å². The first-order valence-corrected chi connectivity index (χ1v) is 10.4. The molecule has 0 amide bonds. The van der Waals surface area contributed by atoms with Crippen LogP contribution in [0.3, 0.4) is 0 Å². The van der Waals surface area contributed by atoms with Gasteiger partial charge < -0.3 is 15.0 Å². The second-order valence-electron chi connectivity index (χ2n) is 8.44. The fourth-order valence-electron chi connectivity index (χ4n) is 4.74. The molecule has 4 N–H and O–H groups in total. The Hall–Kier alpha value is -3.58. The number of hydrogen-bond donors (Lipinski definition) is 4. The number of nitrogens with one attached hydrogen (secondary N) is 3. The average Bonchev–Trinajstić information content (AvgIpc) is 3.10. The molecule has 7 nitrogen and oxygen atoms in total. The highest BCUT2D eigenvalue weighted by molar-refractivity contribution is 5.85. The number of hydrogen-bond acceptors (Lipinski definition) is 3. The van der Waals surface area contributed by atoms with Crippen LogP contribution in [0.25, 0.3) is 16.6 Å². The molecule has 5 rings (SSSR count). The van der Waals surface area contributed by atoms with Crippen LogP contribution in [-0.4, -0.2) is 33.2 Å². The molecular formula is C24H25N4O3+. The Morgan fingerprint density at radius 2 is 1.84 bits per heavy atom. The van der Waals surface area contributed by atoms with Gasteiger partial charge in [0.05, 0.1) is 25.0 Å². The summed E-state index contributed by atoms with van der Waals surface area (Å²) in [5, 5.41) is 12.4. The van der Waals surface area contributed by atoms with E-state index in [9.17, 15) is 14.7 Å². The Bertz CT molecular complexity index is 1440. The molecule has 0 fully saturated rings. The lowest BCUT2D eigenvalue weighted by Crippen LogP contribution is -3.10. The number of quaternary nitrogens is 1. The van der Waals surface area contributed by atoms with Crippen LogP contribution in [0.4, 0.5) is 0 Å². The number of aromatic nitrogens is 3. The molecule has 3 heterocycles. The zero-order valence-corrected chi connectivity index (χ0v) is 17.7. The minimum Gasteiger partial charge on any atom is -0.494 e. The van der Waals surface area contributed by atoms with Crippen molar-refractivity contribution in [3.8, 4) is 11.6 Å². The lowest BCUT2D eigenvalue weighted by atomic mass is 9.93. The van der Waals surface area contributed by atoms with E-state index in [0.717, 1.165) is 51.2 Å². The van der Waals surface area contributed by atoms with E-state index in [1.165, 1.54) is 4.57 Å². The quantitative estimate of drug-likeness (QED) is 0.398. The molecular weight excluding hydrogens is 392 g/mol. The van der Waals surface area contributed by atoms with Crippen molar-refractivity contribution in [2.45, 2.75) is 26.3 Å². The summed E-state index contributed by atoms with van der Waals surface area (Å²) in [4.78, 5) is 32.6. The van der Waals surface area contributed by atoms with Gasteiger partial charge in [0.2, 0.25) is 5.88 Å². The Labute approximate surface area is 178 Å². The van der Waals surface area contributed by atoms with Crippen LogP contribution in [0.2, 0.25) is 0 Å². The first-order valence-electron chi connectivity index (χ1n) is 10.4. The maximum atomic E-state index is 13.0. The number of nitrogens with zero attached hydrogens (tertiary/aromatic N) is 1. The van der Waals surface area contributed by atoms with E-state index < -0.39 is 17.3 Å². The molecule has 0 bridgehead atoms. The molecule has 2 atom stereocenters. The van der Waals surface area contributed by atoms with Gasteiger partial charge in [-0.2, -0.15) is 0 Å². The maximum absolute atomic E-state index is 13.0. The minimum atomic E-state index is -0.653. The molecule has 0 aliphatic carbocycles. The monoisotopic (exact) mass is 417 g/mol. The van der Waals surface area contributed by atoms with Crippen molar-refractivity contribution in [2.24, 2.45) is 0 Å². The molecule has 0 spiro atoms. The molecule has 1 aliphatic rings. The van der Waals surface area contributed by atoms with Crippen molar-refractivity contribution >= 4 is 10.9 Å². The number of likely N-dealkylation sites (N-methyl/N-ethyl adjacent to an activating group) is 1. The van der Waals surface area contributed by atoms with Crippen LogP contribution in [-0.2, 0) is 6.42 Å². The van der Waals surface area contributed by atoms with Crippen LogP contribution in [0.1, 0.15) is 34.0 Å². The highest BCUT2D eigenvalue weighted by Gasteiger charge is 2.38. The van der Waals surface area contributed by atoms with E-state index in [2.05, 4.69) is 16.0 Å². The highest BCUT2D eigenvalue weighted by Crippen LogP contribution is 2.33. The molecule has 2 aromatic carbocycles. The van der Waals surface area contributed by atoms with Crippen molar-refractivity contribution in [3.63, 3.8) is 0 Å². The van der Waals surface area contributed by atoms with E-state index in [-0.39, 0.29) is 11.4 Å². The zero-order chi connectivity index (χ0) is 21.9. The van der Waals surface area contributed by atoms with Crippen LogP contribution in [0.5, 0.6) is 5.88 Å². The summed E-state index contributed by atoms with van der Waals surface area (Å²) >= 11 is 0. The fourth-order valence-corrected chi connectivity index (χ4v) is 4.74. The lowest BCUT2D eigenvalue weighted by Gasteiger charge is -2.30. The van der Waals surface area contributed by atoms with Gasteiger partial charge in [0, 0.05) is 17.3 Å². The Morgan fingerprint density at radius 3 is 2.61 bits per heavy atom. The lowest BCUT2D eigenvalue weighted by molar-refractivity contribution is -0.908. The molecule has 0 saturated carbocycles. The third-order valence-corrected chi connectivity index (χ3v) is 6.56. The Kier molecular flexibility index (Phi) is 4.37. The standard InChI is InChI=1S/C24H24N4O3/c1-13-8-9-15(12-14(13)2)28-23(30)19(22(29)26-24(28)31)21-20-17(10-11-27(21)3)16-6-4-5-7-18(16)25-20/h4-9,12,21,25,30H,10-11H2,1-3H3,(H,26,29,31)/p+1/t21-/m0/s1. The number of para-hydroxylation sites is 1. The van der Waals surface area contributed by atoms with Crippen LogP contribution < -0.4 is 16.1 Å². The second-order valence-corrected chi connectivity index (χ2v) is 8.44. The number of rotatable bonds is 2. The number of benzene rings is 2. The average molecular weight is 417 g/mol. The molecule has 4 aromatic rings. The summed E-state index contributed by atoms with van der Waals surface area (Å²) in [5.41, 5.74) is 4.67. The minimum absolute atomic E-state index is 0.197. The van der Waals surface area contributed by atoms with Gasteiger partial charge in [0.1, 0.15) is 5.56 Å². The summed E-state index contributed by atoms with van der Waals surface area (Å²) < 4.78 is 1.19. The Balaban J connectivity index is 1.77. The number of aromatic hydroxyl groups is 1. The van der Waals surface area contributed by atoms with Crippen LogP contribution in [0, 0.1) is 13.8 Å². The van der Waals surface area contributed by atoms with Gasteiger partial charge >= 0.3 is 5.69 Å². The Morgan fingerprint density at radius 1 is 1.06 bits per heavy atom. The summed E-state index contributed by atoms with van der Waals surface area (Å²) in [6.07, 6.45) is 0.872. The van der Waals surface area contributed by atoms with Crippen molar-refractivity contribution < 1.29 is 10.0 Å². The van der Waals surface area contributed by atoms with Crippen LogP contribution in [0.15, 0.2) is 52.1 Å². The molecule has 0 radical (unpaired) electrons. The van der Waals surface area contributed by atoms with Gasteiger partial charge in [-0.3, -0.25) is 9.78 Å². The first-order chi connectivity index (χ1) is 14.9. The third-order valence-electron chi connectivity index (χ3n) is 6.56. The SMILES string of the molecule is Cc1ccc(-n2c(O)c([C@H]3c4[nH]c5ccccc5c4CC[NH+]3C)c(=O)[nH]c2=O)cc1C. The topological polar surface area (TPSA) is 95.3 Å². The number of aryl methyl sites for hydroxylation is 2. The van der Waals surface area contributed by atoms with Gasteiger partial charge in [-0.25, -0.2) is 9.36 Å². The summed E-state index contributed by atoms with van der Waals surface area (Å²) in [5.74, 6) is -0.312. The molecule has 1 unspecified atom stereocenters.